The van der Waals surface area contributed by atoms with Crippen LogP contribution >= 0.6 is 0 Å². The van der Waals surface area contributed by atoms with E-state index in [0.29, 0.717) is 12.4 Å². The number of nitrogens with zero attached hydrogens (tertiary/aromatic N) is 3. The number of aromatic nitrogens is 3. The van der Waals surface area contributed by atoms with E-state index in [9.17, 15) is 4.79 Å². The van der Waals surface area contributed by atoms with E-state index in [1.807, 2.05) is 0 Å². The molecule has 1 atom stereocenters. The van der Waals surface area contributed by atoms with Gasteiger partial charge in [0.15, 0.2) is 5.82 Å². The van der Waals surface area contributed by atoms with Crippen molar-refractivity contribution >= 4 is 5.91 Å². The van der Waals surface area contributed by atoms with E-state index in [1.165, 1.54) is 0 Å². The first kappa shape index (κ1) is 9.66. The molecule has 3 N–H and O–H groups in total. The molecule has 1 rings (SSSR count). The van der Waals surface area contributed by atoms with Crippen LogP contribution in [0.4, 0.5) is 0 Å². The fraction of sp³-hybridized carbons (Fsp3) is 0.571. The Hall–Kier alpha value is -1.43. The lowest BCUT2D eigenvalue weighted by Gasteiger charge is -2.06. The Bertz CT molecular complexity index is 295. The number of hydrogen-bond donors (Lipinski definition) is 2. The van der Waals surface area contributed by atoms with Crippen LogP contribution < -0.4 is 11.1 Å². The molecule has 0 aliphatic rings. The molecular weight excluding hydrogens is 170 g/mol. The third-order valence-electron chi connectivity index (χ3n) is 1.64. The van der Waals surface area contributed by atoms with Crippen molar-refractivity contribution in [3.8, 4) is 0 Å². The van der Waals surface area contributed by atoms with Gasteiger partial charge in [-0.25, -0.2) is 4.98 Å². The summed E-state index contributed by atoms with van der Waals surface area (Å²) in [4.78, 5) is 14.6. The number of nitrogens with two attached hydrogens (primary N) is 1. The third kappa shape index (κ3) is 2.83. The Kier molecular flexibility index (Phi) is 2.97. The van der Waals surface area contributed by atoms with E-state index in [2.05, 4.69) is 15.4 Å². The first-order valence-electron chi connectivity index (χ1n) is 3.97. The first-order chi connectivity index (χ1) is 6.09. The molecule has 6 heteroatoms. The lowest BCUT2D eigenvalue weighted by Crippen LogP contribution is -2.38. The predicted molar refractivity (Wildman–Crippen MR) is 46.5 cm³/mol. The van der Waals surface area contributed by atoms with Gasteiger partial charge in [-0.3, -0.25) is 14.8 Å². The molecule has 0 aliphatic carbocycles. The molecular formula is C7H13N5O. The van der Waals surface area contributed by atoms with Crippen molar-refractivity contribution in [2.75, 3.05) is 0 Å². The summed E-state index contributed by atoms with van der Waals surface area (Å²) < 4.78 is 1.60. The fourth-order valence-electron chi connectivity index (χ4n) is 0.810. The van der Waals surface area contributed by atoms with Crippen LogP contribution in [0.2, 0.25) is 0 Å². The zero-order valence-corrected chi connectivity index (χ0v) is 7.69. The maximum absolute atomic E-state index is 10.6. The van der Waals surface area contributed by atoms with Crippen LogP contribution in [-0.4, -0.2) is 26.7 Å². The number of hydrogen-bond acceptors (Lipinski definition) is 4. The SMILES string of the molecule is CC(NCc1ncn(C)n1)C(N)=O. The minimum atomic E-state index is -0.379. The second-order valence-electron chi connectivity index (χ2n) is 2.84. The molecule has 1 amide bonds. The zero-order chi connectivity index (χ0) is 9.84. The summed E-state index contributed by atoms with van der Waals surface area (Å²) in [5, 5.41) is 6.93. The number of primary amides is 1. The Balaban J connectivity index is 2.39. The molecule has 1 aromatic rings. The van der Waals surface area contributed by atoms with E-state index in [1.54, 1.807) is 25.0 Å². The molecule has 1 unspecified atom stereocenters. The number of carbonyl (C=O) groups is 1. The zero-order valence-electron chi connectivity index (χ0n) is 7.69. The number of nitrogens with one attached hydrogen (secondary N) is 1. The normalized spacial score (nSPS) is 12.8. The highest BCUT2D eigenvalue weighted by atomic mass is 16.1. The number of rotatable bonds is 4. The highest BCUT2D eigenvalue weighted by molar-refractivity contribution is 5.79. The number of amides is 1. The summed E-state index contributed by atoms with van der Waals surface area (Å²) in [5.41, 5.74) is 5.06. The van der Waals surface area contributed by atoms with Crippen LogP contribution in [0.3, 0.4) is 0 Å². The lowest BCUT2D eigenvalue weighted by atomic mass is 10.3. The summed E-state index contributed by atoms with van der Waals surface area (Å²) in [5.74, 6) is 0.270. The van der Waals surface area contributed by atoms with Gasteiger partial charge in [0.05, 0.1) is 12.6 Å². The van der Waals surface area contributed by atoms with Gasteiger partial charge in [0.25, 0.3) is 0 Å². The van der Waals surface area contributed by atoms with Gasteiger partial charge in [-0.15, -0.1) is 0 Å². The average Bonchev–Trinajstić information content (AvgIpc) is 2.47. The monoisotopic (exact) mass is 183 g/mol. The second kappa shape index (κ2) is 3.99. The first-order valence-corrected chi connectivity index (χ1v) is 3.97. The molecule has 0 saturated heterocycles. The van der Waals surface area contributed by atoms with Gasteiger partial charge in [0.2, 0.25) is 5.91 Å². The summed E-state index contributed by atoms with van der Waals surface area (Å²) >= 11 is 0. The molecule has 0 aliphatic heterocycles. The molecule has 13 heavy (non-hydrogen) atoms. The molecule has 1 heterocycles. The van der Waals surface area contributed by atoms with Gasteiger partial charge in [-0.1, -0.05) is 0 Å². The van der Waals surface area contributed by atoms with Crippen LogP contribution in [-0.2, 0) is 18.4 Å². The van der Waals surface area contributed by atoms with Crippen LogP contribution in [0.5, 0.6) is 0 Å². The van der Waals surface area contributed by atoms with Crippen LogP contribution in [0.1, 0.15) is 12.7 Å². The standard InChI is InChI=1S/C7H13N5O/c1-5(7(8)13)9-3-6-10-4-12(2)11-6/h4-5,9H,3H2,1-2H3,(H2,8,13). The van der Waals surface area contributed by atoms with Crippen LogP contribution in [0.25, 0.3) is 0 Å². The van der Waals surface area contributed by atoms with Gasteiger partial charge < -0.3 is 5.73 Å². The predicted octanol–water partition coefficient (Wildman–Crippen LogP) is -1.22. The Morgan fingerprint density at radius 2 is 2.54 bits per heavy atom. The highest BCUT2D eigenvalue weighted by Gasteiger charge is 2.08. The third-order valence-corrected chi connectivity index (χ3v) is 1.64. The van der Waals surface area contributed by atoms with Crippen molar-refractivity contribution in [2.24, 2.45) is 12.8 Å². The van der Waals surface area contributed by atoms with Crippen molar-refractivity contribution in [3.05, 3.63) is 12.2 Å². The second-order valence-corrected chi connectivity index (χ2v) is 2.84. The Morgan fingerprint density at radius 1 is 1.85 bits per heavy atom. The fourth-order valence-corrected chi connectivity index (χ4v) is 0.810. The van der Waals surface area contributed by atoms with E-state index in [0.717, 1.165) is 0 Å². The summed E-state index contributed by atoms with van der Waals surface area (Å²) in [6, 6.07) is -0.358. The average molecular weight is 183 g/mol. The number of carbonyl (C=O) groups excluding carboxylic acids is 1. The van der Waals surface area contributed by atoms with Crippen molar-refractivity contribution < 1.29 is 4.79 Å². The minimum absolute atomic E-state index is 0.358. The van der Waals surface area contributed by atoms with Gasteiger partial charge in [0, 0.05) is 7.05 Å². The molecule has 6 nitrogen and oxygen atoms in total. The van der Waals surface area contributed by atoms with E-state index < -0.39 is 0 Å². The Labute approximate surface area is 76.1 Å². The maximum atomic E-state index is 10.6. The molecule has 0 saturated carbocycles. The summed E-state index contributed by atoms with van der Waals surface area (Å²) in [6.07, 6.45) is 1.60. The topological polar surface area (TPSA) is 85.8 Å². The van der Waals surface area contributed by atoms with Crippen LogP contribution in [0, 0.1) is 0 Å². The lowest BCUT2D eigenvalue weighted by molar-refractivity contribution is -0.119. The maximum Gasteiger partial charge on any atom is 0.234 e. The quantitative estimate of drug-likeness (QED) is 0.612. The van der Waals surface area contributed by atoms with E-state index >= 15 is 0 Å². The Morgan fingerprint density at radius 3 is 3.00 bits per heavy atom. The molecule has 0 aromatic carbocycles. The van der Waals surface area contributed by atoms with Crippen LogP contribution in [0.15, 0.2) is 6.33 Å². The van der Waals surface area contributed by atoms with Gasteiger partial charge >= 0.3 is 0 Å². The molecule has 1 aromatic heterocycles. The van der Waals surface area contributed by atoms with Crippen molar-refractivity contribution in [3.63, 3.8) is 0 Å². The molecule has 72 valence electrons. The minimum Gasteiger partial charge on any atom is -0.368 e. The molecule has 0 radical (unpaired) electrons. The van der Waals surface area contributed by atoms with Gasteiger partial charge in [-0.05, 0) is 6.92 Å². The highest BCUT2D eigenvalue weighted by Crippen LogP contribution is 1.88. The summed E-state index contributed by atoms with van der Waals surface area (Å²) in [7, 11) is 1.79. The van der Waals surface area contributed by atoms with Gasteiger partial charge in [0.1, 0.15) is 6.33 Å². The van der Waals surface area contributed by atoms with E-state index in [-0.39, 0.29) is 11.9 Å². The number of aryl methyl sites for hydroxylation is 1. The largest absolute Gasteiger partial charge is 0.368 e. The molecule has 0 spiro atoms. The van der Waals surface area contributed by atoms with Crippen molar-refractivity contribution in [1.29, 1.82) is 0 Å². The van der Waals surface area contributed by atoms with Crippen molar-refractivity contribution in [2.45, 2.75) is 19.5 Å². The molecule has 0 fully saturated rings. The van der Waals surface area contributed by atoms with E-state index in [4.69, 9.17) is 5.73 Å². The van der Waals surface area contributed by atoms with Gasteiger partial charge in [-0.2, -0.15) is 5.10 Å². The summed E-state index contributed by atoms with van der Waals surface area (Å²) in [6.45, 7) is 2.15. The smallest absolute Gasteiger partial charge is 0.234 e. The molecule has 0 bridgehead atoms. The van der Waals surface area contributed by atoms with Crippen molar-refractivity contribution in [1.82, 2.24) is 20.1 Å².